The zero-order valence-electron chi connectivity index (χ0n) is 25.5. The summed E-state index contributed by atoms with van der Waals surface area (Å²) in [7, 11) is 0. The van der Waals surface area contributed by atoms with Gasteiger partial charge in [-0.25, -0.2) is 24.9 Å². The highest BCUT2D eigenvalue weighted by Gasteiger charge is 2.17. The Bertz CT molecular complexity index is 2430. The number of para-hydroxylation sites is 4. The van der Waals surface area contributed by atoms with Crippen molar-refractivity contribution in [3.8, 4) is 68.2 Å². The van der Waals surface area contributed by atoms with E-state index in [2.05, 4.69) is 29.2 Å². The highest BCUT2D eigenvalue weighted by molar-refractivity contribution is 5.82. The van der Waals surface area contributed by atoms with Crippen molar-refractivity contribution in [3.63, 3.8) is 0 Å². The van der Waals surface area contributed by atoms with E-state index in [1.807, 2.05) is 127 Å². The lowest BCUT2D eigenvalue weighted by Crippen LogP contribution is -2.00. The maximum absolute atomic E-state index is 6.24. The first-order chi connectivity index (χ1) is 23.7. The summed E-state index contributed by atoms with van der Waals surface area (Å²) < 4.78 is 12.3. The van der Waals surface area contributed by atoms with Gasteiger partial charge in [-0.05, 0) is 65.7 Å². The molecule has 0 amide bonds. The summed E-state index contributed by atoms with van der Waals surface area (Å²) >= 11 is 0. The molecule has 0 fully saturated rings. The summed E-state index contributed by atoms with van der Waals surface area (Å²) in [5, 5.41) is 0. The van der Waals surface area contributed by atoms with E-state index in [0.717, 1.165) is 61.1 Å². The molecule has 226 valence electrons. The van der Waals surface area contributed by atoms with Crippen LogP contribution in [0.25, 0.3) is 90.4 Å². The Morgan fingerprint density at radius 2 is 0.708 bits per heavy atom. The SMILES string of the molecule is c1ccc(-c2nc(-c3ccccc3)nc(-c3cc(-c4ccc(-c5nc6ccccc6o5)cc4)cc(-c4nc5ccccc5o4)c3)n2)cc1. The summed E-state index contributed by atoms with van der Waals surface area (Å²) in [5.41, 5.74) is 9.37. The molecule has 9 rings (SSSR count). The quantitative estimate of drug-likeness (QED) is 0.183. The molecule has 0 aliphatic heterocycles. The molecule has 0 unspecified atom stereocenters. The van der Waals surface area contributed by atoms with Gasteiger partial charge in [-0.3, -0.25) is 0 Å². The third kappa shape index (κ3) is 5.19. The molecule has 0 aliphatic rings. The van der Waals surface area contributed by atoms with Gasteiger partial charge in [0, 0.05) is 27.8 Å². The average molecular weight is 620 g/mol. The molecule has 0 radical (unpaired) electrons. The van der Waals surface area contributed by atoms with Gasteiger partial charge in [-0.2, -0.15) is 0 Å². The van der Waals surface area contributed by atoms with Gasteiger partial charge in [-0.1, -0.05) is 97.1 Å². The Morgan fingerprint density at radius 3 is 1.25 bits per heavy atom. The summed E-state index contributed by atoms with van der Waals surface area (Å²) in [6, 6.07) is 49.8. The predicted molar refractivity (Wildman–Crippen MR) is 188 cm³/mol. The number of fused-ring (bicyclic) bond motifs is 2. The first-order valence-corrected chi connectivity index (χ1v) is 15.6. The minimum Gasteiger partial charge on any atom is -0.436 e. The van der Waals surface area contributed by atoms with Crippen LogP contribution >= 0.6 is 0 Å². The van der Waals surface area contributed by atoms with Gasteiger partial charge in [-0.15, -0.1) is 0 Å². The molecule has 3 aromatic heterocycles. The van der Waals surface area contributed by atoms with Gasteiger partial charge >= 0.3 is 0 Å². The van der Waals surface area contributed by atoms with Crippen LogP contribution in [0.2, 0.25) is 0 Å². The Hall–Kier alpha value is -6.73. The fourth-order valence-electron chi connectivity index (χ4n) is 5.78. The number of benzene rings is 6. The number of rotatable bonds is 6. The average Bonchev–Trinajstić information content (AvgIpc) is 3.81. The van der Waals surface area contributed by atoms with E-state index in [1.165, 1.54) is 0 Å². The molecule has 0 N–H and O–H groups in total. The van der Waals surface area contributed by atoms with E-state index in [4.69, 9.17) is 28.8 Å². The van der Waals surface area contributed by atoms with Crippen molar-refractivity contribution in [2.75, 3.05) is 0 Å². The first kappa shape index (κ1) is 27.6. The van der Waals surface area contributed by atoms with E-state index in [0.29, 0.717) is 29.3 Å². The van der Waals surface area contributed by atoms with Gasteiger partial charge in [0.15, 0.2) is 28.6 Å². The zero-order chi connectivity index (χ0) is 31.9. The fourth-order valence-corrected chi connectivity index (χ4v) is 5.78. The third-order valence-corrected chi connectivity index (χ3v) is 8.19. The summed E-state index contributed by atoms with van der Waals surface area (Å²) in [6.07, 6.45) is 0. The molecular formula is C41H25N5O2. The molecule has 0 atom stereocenters. The number of hydrogen-bond donors (Lipinski definition) is 0. The van der Waals surface area contributed by atoms with Crippen LogP contribution in [0.5, 0.6) is 0 Å². The molecule has 0 saturated heterocycles. The molecule has 0 spiro atoms. The number of oxazole rings is 2. The number of aromatic nitrogens is 5. The molecule has 0 aliphatic carbocycles. The molecule has 9 aromatic rings. The summed E-state index contributed by atoms with van der Waals surface area (Å²) in [5.74, 6) is 2.83. The lowest BCUT2D eigenvalue weighted by Gasteiger charge is -2.11. The van der Waals surface area contributed by atoms with E-state index >= 15 is 0 Å². The van der Waals surface area contributed by atoms with Gasteiger partial charge in [0.05, 0.1) is 0 Å². The van der Waals surface area contributed by atoms with Crippen LogP contribution in [0.1, 0.15) is 0 Å². The molecule has 48 heavy (non-hydrogen) atoms. The van der Waals surface area contributed by atoms with Crippen LogP contribution in [-0.2, 0) is 0 Å². The number of nitrogens with zero attached hydrogens (tertiary/aromatic N) is 5. The van der Waals surface area contributed by atoms with Crippen LogP contribution in [0, 0.1) is 0 Å². The van der Waals surface area contributed by atoms with Crippen LogP contribution in [0.15, 0.2) is 160 Å². The van der Waals surface area contributed by atoms with Crippen LogP contribution in [0.4, 0.5) is 0 Å². The second kappa shape index (κ2) is 11.6. The van der Waals surface area contributed by atoms with E-state index in [-0.39, 0.29) is 0 Å². The minimum atomic E-state index is 0.517. The summed E-state index contributed by atoms with van der Waals surface area (Å²) in [4.78, 5) is 24.3. The summed E-state index contributed by atoms with van der Waals surface area (Å²) in [6.45, 7) is 0. The van der Waals surface area contributed by atoms with Crippen LogP contribution < -0.4 is 0 Å². The van der Waals surface area contributed by atoms with Crippen molar-refractivity contribution in [2.45, 2.75) is 0 Å². The Kier molecular flexibility index (Phi) is 6.64. The van der Waals surface area contributed by atoms with Crippen molar-refractivity contribution in [1.29, 1.82) is 0 Å². The second-order valence-electron chi connectivity index (χ2n) is 11.4. The van der Waals surface area contributed by atoms with Crippen LogP contribution in [-0.4, -0.2) is 24.9 Å². The van der Waals surface area contributed by atoms with Gasteiger partial charge in [0.25, 0.3) is 0 Å². The smallest absolute Gasteiger partial charge is 0.227 e. The second-order valence-corrected chi connectivity index (χ2v) is 11.4. The van der Waals surface area contributed by atoms with Gasteiger partial charge in [0.2, 0.25) is 11.8 Å². The standard InChI is InChI=1S/C41H25N5O2/c1-3-11-27(12-4-1)37-44-38(28-13-5-2-6-14-28)46-39(45-37)31-23-30(24-32(25-31)41-43-34-16-8-10-18-36(34)48-41)26-19-21-29(22-20-26)40-42-33-15-7-9-17-35(33)47-40/h1-25H. The van der Waals surface area contributed by atoms with Crippen molar-refractivity contribution < 1.29 is 8.83 Å². The lowest BCUT2D eigenvalue weighted by atomic mass is 9.98. The maximum atomic E-state index is 6.24. The Morgan fingerprint density at radius 1 is 0.292 bits per heavy atom. The zero-order valence-corrected chi connectivity index (χ0v) is 25.5. The molecule has 7 nitrogen and oxygen atoms in total. The Labute approximate surface area is 275 Å². The van der Waals surface area contributed by atoms with Crippen molar-refractivity contribution >= 4 is 22.2 Å². The molecule has 6 aromatic carbocycles. The molecular weight excluding hydrogens is 594 g/mol. The molecule has 0 bridgehead atoms. The highest BCUT2D eigenvalue weighted by Crippen LogP contribution is 2.35. The van der Waals surface area contributed by atoms with E-state index < -0.39 is 0 Å². The van der Waals surface area contributed by atoms with Gasteiger partial charge < -0.3 is 8.83 Å². The van der Waals surface area contributed by atoms with E-state index in [9.17, 15) is 0 Å². The van der Waals surface area contributed by atoms with E-state index in [1.54, 1.807) is 0 Å². The maximum Gasteiger partial charge on any atom is 0.227 e. The highest BCUT2D eigenvalue weighted by atomic mass is 16.4. The topological polar surface area (TPSA) is 90.7 Å². The molecule has 0 saturated carbocycles. The van der Waals surface area contributed by atoms with Crippen molar-refractivity contribution in [2.24, 2.45) is 0 Å². The monoisotopic (exact) mass is 619 g/mol. The third-order valence-electron chi connectivity index (χ3n) is 8.19. The normalized spacial score (nSPS) is 11.3. The van der Waals surface area contributed by atoms with Gasteiger partial charge in [0.1, 0.15) is 11.0 Å². The first-order valence-electron chi connectivity index (χ1n) is 15.6. The fraction of sp³-hybridized carbons (Fsp3) is 0. The Balaban J connectivity index is 1.20. The predicted octanol–water partition coefficient (Wildman–Crippen LogP) is 10.2. The van der Waals surface area contributed by atoms with Crippen molar-refractivity contribution in [3.05, 3.63) is 152 Å². The minimum absolute atomic E-state index is 0.517. The number of hydrogen-bond acceptors (Lipinski definition) is 7. The van der Waals surface area contributed by atoms with Crippen molar-refractivity contribution in [1.82, 2.24) is 24.9 Å². The lowest BCUT2D eigenvalue weighted by molar-refractivity contribution is 0.619. The largest absolute Gasteiger partial charge is 0.436 e. The molecule has 3 heterocycles. The molecule has 7 heteroatoms. The van der Waals surface area contributed by atoms with Crippen LogP contribution in [0.3, 0.4) is 0 Å².